The van der Waals surface area contributed by atoms with Gasteiger partial charge >= 0.3 is 0 Å². The molecule has 2 atom stereocenters. The van der Waals surface area contributed by atoms with Gasteiger partial charge in [-0.25, -0.2) is 0 Å². The summed E-state index contributed by atoms with van der Waals surface area (Å²) in [5, 5.41) is 5.95. The second kappa shape index (κ2) is 7.45. The molecule has 2 amide bonds. The minimum atomic E-state index is -0.196. The molecule has 6 nitrogen and oxygen atoms in total. The SMILES string of the molecule is CNC(C)CNC(=O)C1CC(=O)N(CCN(C)C)C1. The zero-order chi connectivity index (χ0) is 14.4. The molecule has 0 aromatic carbocycles. The Kier molecular flexibility index (Phi) is 6.24. The normalized spacial score (nSPS) is 21.0. The van der Waals surface area contributed by atoms with Crippen LogP contribution < -0.4 is 10.6 Å². The molecule has 6 heteroatoms. The molecule has 1 saturated heterocycles. The molecule has 2 N–H and O–H groups in total. The molecule has 19 heavy (non-hydrogen) atoms. The minimum absolute atomic E-state index is 0.0113. The number of rotatable bonds is 7. The number of hydrogen-bond donors (Lipinski definition) is 2. The van der Waals surface area contributed by atoms with Gasteiger partial charge in [-0.15, -0.1) is 0 Å². The molecule has 1 heterocycles. The molecule has 1 aliphatic rings. The summed E-state index contributed by atoms with van der Waals surface area (Å²) >= 11 is 0. The summed E-state index contributed by atoms with van der Waals surface area (Å²) in [7, 11) is 5.81. The van der Waals surface area contributed by atoms with E-state index in [1.165, 1.54) is 0 Å². The van der Waals surface area contributed by atoms with Crippen LogP contribution in [0.5, 0.6) is 0 Å². The van der Waals surface area contributed by atoms with Gasteiger partial charge in [-0.1, -0.05) is 0 Å². The highest BCUT2D eigenvalue weighted by molar-refractivity contribution is 5.89. The highest BCUT2D eigenvalue weighted by atomic mass is 16.2. The van der Waals surface area contributed by atoms with E-state index in [0.717, 1.165) is 6.54 Å². The fourth-order valence-electron chi connectivity index (χ4n) is 1.98. The molecule has 0 bridgehead atoms. The zero-order valence-corrected chi connectivity index (χ0v) is 12.4. The standard InChI is InChI=1S/C13H26N4O2/c1-10(14-2)8-15-13(19)11-7-12(18)17(9-11)6-5-16(3)4/h10-11,14H,5-9H2,1-4H3,(H,15,19). The molecule has 0 aromatic heterocycles. The molecule has 0 spiro atoms. The van der Waals surface area contributed by atoms with Crippen LogP contribution in [0.3, 0.4) is 0 Å². The van der Waals surface area contributed by atoms with Crippen LogP contribution in [-0.2, 0) is 9.59 Å². The van der Waals surface area contributed by atoms with Gasteiger partial charge in [0, 0.05) is 38.6 Å². The van der Waals surface area contributed by atoms with Gasteiger partial charge in [-0.05, 0) is 28.1 Å². The maximum absolute atomic E-state index is 12.0. The number of nitrogens with one attached hydrogen (secondary N) is 2. The smallest absolute Gasteiger partial charge is 0.225 e. The summed E-state index contributed by atoms with van der Waals surface area (Å²) in [6, 6.07) is 0.242. The topological polar surface area (TPSA) is 64.7 Å². The van der Waals surface area contributed by atoms with Crippen LogP contribution in [0.25, 0.3) is 0 Å². The maximum atomic E-state index is 12.0. The van der Waals surface area contributed by atoms with Crippen LogP contribution >= 0.6 is 0 Å². The number of carbonyl (C=O) groups is 2. The molecule has 110 valence electrons. The lowest BCUT2D eigenvalue weighted by molar-refractivity contribution is -0.129. The van der Waals surface area contributed by atoms with Crippen molar-refractivity contribution >= 4 is 11.8 Å². The van der Waals surface area contributed by atoms with E-state index >= 15 is 0 Å². The summed E-state index contributed by atoms with van der Waals surface area (Å²) in [5.41, 5.74) is 0. The van der Waals surface area contributed by atoms with Crippen molar-refractivity contribution in [2.75, 3.05) is 47.3 Å². The highest BCUT2D eigenvalue weighted by Gasteiger charge is 2.33. The average molecular weight is 270 g/mol. The van der Waals surface area contributed by atoms with Gasteiger partial charge < -0.3 is 20.4 Å². The Morgan fingerprint density at radius 1 is 1.53 bits per heavy atom. The molecular formula is C13H26N4O2. The van der Waals surface area contributed by atoms with E-state index in [0.29, 0.717) is 26.1 Å². The van der Waals surface area contributed by atoms with Gasteiger partial charge in [0.05, 0.1) is 5.92 Å². The number of carbonyl (C=O) groups excluding carboxylic acids is 2. The Morgan fingerprint density at radius 3 is 2.79 bits per heavy atom. The molecule has 1 rings (SSSR count). The molecule has 0 aromatic rings. The Bertz CT molecular complexity index is 320. The van der Waals surface area contributed by atoms with E-state index in [2.05, 4.69) is 10.6 Å². The van der Waals surface area contributed by atoms with Crippen molar-refractivity contribution in [3.63, 3.8) is 0 Å². The molecule has 0 radical (unpaired) electrons. The second-order valence-electron chi connectivity index (χ2n) is 5.48. The Morgan fingerprint density at radius 2 is 2.21 bits per heavy atom. The van der Waals surface area contributed by atoms with E-state index in [1.807, 2.05) is 33.0 Å². The lowest BCUT2D eigenvalue weighted by Gasteiger charge is -2.19. The van der Waals surface area contributed by atoms with Crippen LogP contribution in [0, 0.1) is 5.92 Å². The van der Waals surface area contributed by atoms with Crippen molar-refractivity contribution in [3.8, 4) is 0 Å². The van der Waals surface area contributed by atoms with Gasteiger partial charge in [-0.2, -0.15) is 0 Å². The highest BCUT2D eigenvalue weighted by Crippen LogP contribution is 2.17. The molecule has 2 unspecified atom stereocenters. The van der Waals surface area contributed by atoms with Crippen LogP contribution in [-0.4, -0.2) is 75.0 Å². The molecular weight excluding hydrogens is 244 g/mol. The third-order valence-electron chi connectivity index (χ3n) is 3.48. The third kappa shape index (κ3) is 5.16. The zero-order valence-electron chi connectivity index (χ0n) is 12.4. The fraction of sp³-hybridized carbons (Fsp3) is 0.846. The van der Waals surface area contributed by atoms with Gasteiger partial charge in [0.25, 0.3) is 0 Å². The van der Waals surface area contributed by atoms with Crippen LogP contribution in [0.4, 0.5) is 0 Å². The number of hydrogen-bond acceptors (Lipinski definition) is 4. The number of likely N-dealkylation sites (N-methyl/N-ethyl adjacent to an activating group) is 2. The van der Waals surface area contributed by atoms with Crippen LogP contribution in [0.15, 0.2) is 0 Å². The largest absolute Gasteiger partial charge is 0.354 e. The van der Waals surface area contributed by atoms with Crippen molar-refractivity contribution in [3.05, 3.63) is 0 Å². The fourth-order valence-corrected chi connectivity index (χ4v) is 1.98. The van der Waals surface area contributed by atoms with Crippen molar-refractivity contribution in [2.24, 2.45) is 5.92 Å². The first-order valence-corrected chi connectivity index (χ1v) is 6.81. The quantitative estimate of drug-likeness (QED) is 0.631. The summed E-state index contributed by atoms with van der Waals surface area (Å²) in [6.07, 6.45) is 0.340. The number of amides is 2. The molecule has 1 fully saturated rings. The number of nitrogens with zero attached hydrogens (tertiary/aromatic N) is 2. The van der Waals surface area contributed by atoms with Crippen molar-refractivity contribution in [2.45, 2.75) is 19.4 Å². The Hall–Kier alpha value is -1.14. The van der Waals surface area contributed by atoms with E-state index in [1.54, 1.807) is 4.90 Å². The van der Waals surface area contributed by atoms with Crippen molar-refractivity contribution < 1.29 is 9.59 Å². The third-order valence-corrected chi connectivity index (χ3v) is 3.48. The van der Waals surface area contributed by atoms with Crippen molar-refractivity contribution in [1.29, 1.82) is 0 Å². The van der Waals surface area contributed by atoms with E-state index < -0.39 is 0 Å². The summed E-state index contributed by atoms with van der Waals surface area (Å²) in [6.45, 7) is 4.67. The maximum Gasteiger partial charge on any atom is 0.225 e. The minimum Gasteiger partial charge on any atom is -0.354 e. The summed E-state index contributed by atoms with van der Waals surface area (Å²) < 4.78 is 0. The first-order valence-electron chi connectivity index (χ1n) is 6.81. The summed E-state index contributed by atoms with van der Waals surface area (Å²) in [4.78, 5) is 27.6. The first kappa shape index (κ1) is 15.9. The van der Waals surface area contributed by atoms with Gasteiger partial charge in [-0.3, -0.25) is 9.59 Å². The van der Waals surface area contributed by atoms with Gasteiger partial charge in [0.2, 0.25) is 11.8 Å². The second-order valence-corrected chi connectivity index (χ2v) is 5.48. The van der Waals surface area contributed by atoms with Crippen molar-refractivity contribution in [1.82, 2.24) is 20.4 Å². The Labute approximate surface area is 115 Å². The predicted octanol–water partition coefficient (Wildman–Crippen LogP) is -0.879. The van der Waals surface area contributed by atoms with Gasteiger partial charge in [0.1, 0.15) is 0 Å². The predicted molar refractivity (Wildman–Crippen MR) is 74.8 cm³/mol. The van der Waals surface area contributed by atoms with Crippen LogP contribution in [0.1, 0.15) is 13.3 Å². The lowest BCUT2D eigenvalue weighted by atomic mass is 10.1. The monoisotopic (exact) mass is 270 g/mol. The van der Waals surface area contributed by atoms with Gasteiger partial charge in [0.15, 0.2) is 0 Å². The van der Waals surface area contributed by atoms with E-state index in [-0.39, 0.29) is 23.8 Å². The Balaban J connectivity index is 2.36. The molecule has 1 aliphatic heterocycles. The van der Waals surface area contributed by atoms with Crippen LogP contribution in [0.2, 0.25) is 0 Å². The summed E-state index contributed by atoms with van der Waals surface area (Å²) in [5.74, 6) is -0.120. The lowest BCUT2D eigenvalue weighted by Crippen LogP contribution is -2.40. The molecule has 0 aliphatic carbocycles. The number of likely N-dealkylation sites (tertiary alicyclic amines) is 1. The average Bonchev–Trinajstić information content (AvgIpc) is 2.74. The van der Waals surface area contributed by atoms with E-state index in [4.69, 9.17) is 0 Å². The molecule has 0 saturated carbocycles. The van der Waals surface area contributed by atoms with E-state index in [9.17, 15) is 9.59 Å². The first-order chi connectivity index (χ1) is 8.93.